The van der Waals surface area contributed by atoms with E-state index in [0.29, 0.717) is 6.54 Å². The SMILES string of the molecule is CC(C)(N)C(=O)NCc1csc(-c2ccco2)n1.Cl. The molecule has 2 aromatic rings. The minimum atomic E-state index is -0.875. The molecule has 7 heteroatoms. The minimum Gasteiger partial charge on any atom is -0.462 e. The van der Waals surface area contributed by atoms with Gasteiger partial charge in [0, 0.05) is 5.38 Å². The van der Waals surface area contributed by atoms with Crippen LogP contribution >= 0.6 is 23.7 Å². The maximum Gasteiger partial charge on any atom is 0.239 e. The van der Waals surface area contributed by atoms with E-state index in [0.717, 1.165) is 16.5 Å². The van der Waals surface area contributed by atoms with Gasteiger partial charge in [-0.2, -0.15) is 0 Å². The zero-order valence-corrected chi connectivity index (χ0v) is 12.3. The van der Waals surface area contributed by atoms with Gasteiger partial charge in [0.05, 0.1) is 24.0 Å². The van der Waals surface area contributed by atoms with E-state index in [2.05, 4.69) is 10.3 Å². The van der Waals surface area contributed by atoms with Gasteiger partial charge in [-0.1, -0.05) is 0 Å². The van der Waals surface area contributed by atoms with Gasteiger partial charge in [-0.3, -0.25) is 4.79 Å². The van der Waals surface area contributed by atoms with Gasteiger partial charge in [-0.25, -0.2) is 4.98 Å². The summed E-state index contributed by atoms with van der Waals surface area (Å²) in [5.41, 5.74) is 5.60. The second kappa shape index (κ2) is 6.18. The Balaban J connectivity index is 0.00000180. The first-order valence-electron chi connectivity index (χ1n) is 5.52. The third kappa shape index (κ3) is 4.05. The van der Waals surface area contributed by atoms with Crippen molar-refractivity contribution >= 4 is 29.7 Å². The van der Waals surface area contributed by atoms with E-state index in [1.54, 1.807) is 20.1 Å². The maximum absolute atomic E-state index is 11.6. The number of hydrogen-bond acceptors (Lipinski definition) is 5. The quantitative estimate of drug-likeness (QED) is 0.907. The molecule has 0 bridgehead atoms. The molecular formula is C12H16ClN3O2S. The molecule has 0 saturated heterocycles. The molecule has 0 aliphatic carbocycles. The third-order valence-corrected chi connectivity index (χ3v) is 3.20. The van der Waals surface area contributed by atoms with Crippen molar-refractivity contribution in [3.63, 3.8) is 0 Å². The summed E-state index contributed by atoms with van der Waals surface area (Å²) in [6, 6.07) is 3.67. The number of furan rings is 1. The summed E-state index contributed by atoms with van der Waals surface area (Å²) in [5.74, 6) is 0.534. The van der Waals surface area contributed by atoms with Crippen molar-refractivity contribution < 1.29 is 9.21 Å². The maximum atomic E-state index is 11.6. The molecule has 2 heterocycles. The van der Waals surface area contributed by atoms with Crippen LogP contribution in [0.1, 0.15) is 19.5 Å². The lowest BCUT2D eigenvalue weighted by Gasteiger charge is -2.16. The Labute approximate surface area is 121 Å². The van der Waals surface area contributed by atoms with E-state index in [1.807, 2.05) is 17.5 Å². The second-order valence-electron chi connectivity index (χ2n) is 4.53. The highest BCUT2D eigenvalue weighted by atomic mass is 35.5. The number of halogens is 1. The van der Waals surface area contributed by atoms with Crippen LogP contribution in [0.25, 0.3) is 10.8 Å². The van der Waals surface area contributed by atoms with Gasteiger partial charge >= 0.3 is 0 Å². The van der Waals surface area contributed by atoms with E-state index < -0.39 is 5.54 Å². The fourth-order valence-corrected chi connectivity index (χ4v) is 2.09. The van der Waals surface area contributed by atoms with Crippen LogP contribution in [0, 0.1) is 0 Å². The third-order valence-electron chi connectivity index (χ3n) is 2.30. The van der Waals surface area contributed by atoms with E-state index >= 15 is 0 Å². The van der Waals surface area contributed by atoms with Crippen LogP contribution in [-0.2, 0) is 11.3 Å². The molecule has 0 aromatic carbocycles. The number of amides is 1. The first-order valence-corrected chi connectivity index (χ1v) is 6.40. The summed E-state index contributed by atoms with van der Waals surface area (Å²) in [6.07, 6.45) is 1.61. The van der Waals surface area contributed by atoms with Crippen molar-refractivity contribution in [2.45, 2.75) is 25.9 Å². The number of nitrogens with zero attached hydrogens (tertiary/aromatic N) is 1. The number of thiazole rings is 1. The van der Waals surface area contributed by atoms with Gasteiger partial charge in [-0.05, 0) is 26.0 Å². The molecule has 0 aliphatic heterocycles. The molecule has 3 N–H and O–H groups in total. The first-order chi connectivity index (χ1) is 8.47. The minimum absolute atomic E-state index is 0. The zero-order valence-electron chi connectivity index (χ0n) is 10.7. The van der Waals surface area contributed by atoms with Crippen molar-refractivity contribution in [3.8, 4) is 10.8 Å². The van der Waals surface area contributed by atoms with Crippen LogP contribution < -0.4 is 11.1 Å². The molecule has 1 amide bonds. The van der Waals surface area contributed by atoms with Crippen LogP contribution in [0.15, 0.2) is 28.2 Å². The topological polar surface area (TPSA) is 81.2 Å². The molecule has 0 spiro atoms. The summed E-state index contributed by atoms with van der Waals surface area (Å²) in [7, 11) is 0. The zero-order chi connectivity index (χ0) is 13.2. The summed E-state index contributed by atoms with van der Waals surface area (Å²) < 4.78 is 5.25. The van der Waals surface area contributed by atoms with E-state index in [9.17, 15) is 4.79 Å². The number of aromatic nitrogens is 1. The average molecular weight is 302 g/mol. The molecule has 0 fully saturated rings. The fourth-order valence-electron chi connectivity index (χ4n) is 1.30. The highest BCUT2D eigenvalue weighted by Gasteiger charge is 2.21. The second-order valence-corrected chi connectivity index (χ2v) is 5.38. The molecule has 0 radical (unpaired) electrons. The Hall–Kier alpha value is -1.37. The standard InChI is InChI=1S/C12H15N3O2S.ClH/c1-12(2,13)11(16)14-6-8-7-18-10(15-8)9-4-3-5-17-9;/h3-5,7H,6,13H2,1-2H3,(H,14,16);1H. The summed E-state index contributed by atoms with van der Waals surface area (Å²) >= 11 is 1.48. The van der Waals surface area contributed by atoms with Crippen LogP contribution in [0.5, 0.6) is 0 Å². The molecule has 0 unspecified atom stereocenters. The Morgan fingerprint density at radius 2 is 2.32 bits per heavy atom. The van der Waals surface area contributed by atoms with Gasteiger partial charge in [-0.15, -0.1) is 23.7 Å². The molecule has 5 nitrogen and oxygen atoms in total. The molecule has 0 aliphatic rings. The van der Waals surface area contributed by atoms with E-state index in [1.165, 1.54) is 11.3 Å². The van der Waals surface area contributed by atoms with Gasteiger partial charge in [0.2, 0.25) is 5.91 Å². The van der Waals surface area contributed by atoms with Gasteiger partial charge in [0.15, 0.2) is 10.8 Å². The first kappa shape index (κ1) is 15.7. The van der Waals surface area contributed by atoms with Crippen LogP contribution in [0.2, 0.25) is 0 Å². The van der Waals surface area contributed by atoms with Gasteiger partial charge in [0.1, 0.15) is 0 Å². The number of nitrogens with two attached hydrogens (primary N) is 1. The molecule has 0 atom stereocenters. The fraction of sp³-hybridized carbons (Fsp3) is 0.333. The van der Waals surface area contributed by atoms with E-state index in [4.69, 9.17) is 10.2 Å². The number of hydrogen-bond donors (Lipinski definition) is 2. The monoisotopic (exact) mass is 301 g/mol. The lowest BCUT2D eigenvalue weighted by molar-refractivity contribution is -0.125. The van der Waals surface area contributed by atoms with Crippen molar-refractivity contribution in [1.29, 1.82) is 0 Å². The Morgan fingerprint density at radius 3 is 2.89 bits per heavy atom. The molecular weight excluding hydrogens is 286 g/mol. The lowest BCUT2D eigenvalue weighted by Crippen LogP contribution is -2.48. The van der Waals surface area contributed by atoms with Gasteiger partial charge in [0.25, 0.3) is 0 Å². The highest BCUT2D eigenvalue weighted by molar-refractivity contribution is 7.13. The molecule has 19 heavy (non-hydrogen) atoms. The van der Waals surface area contributed by atoms with Crippen molar-refractivity contribution in [2.75, 3.05) is 0 Å². The molecule has 2 aromatic heterocycles. The number of rotatable bonds is 4. The summed E-state index contributed by atoms with van der Waals surface area (Å²) in [5, 5.41) is 5.44. The number of nitrogens with one attached hydrogen (secondary N) is 1. The van der Waals surface area contributed by atoms with Crippen LogP contribution in [0.3, 0.4) is 0 Å². The average Bonchev–Trinajstić information content (AvgIpc) is 2.94. The van der Waals surface area contributed by atoms with Crippen molar-refractivity contribution in [2.24, 2.45) is 5.73 Å². The Kier molecular flexibility index (Phi) is 5.11. The molecule has 104 valence electrons. The number of carbonyl (C=O) groups is 1. The van der Waals surface area contributed by atoms with Crippen LogP contribution in [0.4, 0.5) is 0 Å². The summed E-state index contributed by atoms with van der Waals surface area (Å²) in [4.78, 5) is 16.0. The Bertz CT molecular complexity index is 531. The van der Waals surface area contributed by atoms with Gasteiger partial charge < -0.3 is 15.5 Å². The van der Waals surface area contributed by atoms with Crippen LogP contribution in [-0.4, -0.2) is 16.4 Å². The predicted molar refractivity (Wildman–Crippen MR) is 77.2 cm³/mol. The molecule has 0 saturated carbocycles. The summed E-state index contributed by atoms with van der Waals surface area (Å²) in [6.45, 7) is 3.70. The smallest absolute Gasteiger partial charge is 0.239 e. The Morgan fingerprint density at radius 1 is 1.58 bits per heavy atom. The lowest BCUT2D eigenvalue weighted by atomic mass is 10.1. The number of carbonyl (C=O) groups excluding carboxylic acids is 1. The van der Waals surface area contributed by atoms with E-state index in [-0.39, 0.29) is 18.3 Å². The highest BCUT2D eigenvalue weighted by Crippen LogP contribution is 2.23. The normalized spacial score (nSPS) is 10.9. The van der Waals surface area contributed by atoms with Crippen molar-refractivity contribution in [1.82, 2.24) is 10.3 Å². The largest absolute Gasteiger partial charge is 0.462 e. The predicted octanol–water partition coefficient (Wildman–Crippen LogP) is 2.18. The van der Waals surface area contributed by atoms with Crippen molar-refractivity contribution in [3.05, 3.63) is 29.5 Å². The molecule has 2 rings (SSSR count).